The van der Waals surface area contributed by atoms with Crippen molar-refractivity contribution in [1.82, 2.24) is 20.2 Å². The summed E-state index contributed by atoms with van der Waals surface area (Å²) in [4.78, 5) is 10.4. The number of aliphatic carboxylic acids is 1. The highest BCUT2D eigenvalue weighted by molar-refractivity contribution is 7.93. The van der Waals surface area contributed by atoms with E-state index in [1.165, 1.54) is 17.1 Å². The van der Waals surface area contributed by atoms with E-state index in [-0.39, 0.29) is 5.69 Å². The van der Waals surface area contributed by atoms with Crippen LogP contribution < -0.4 is 4.72 Å². The molecular weight excluding hydrogens is 293 g/mol. The first-order chi connectivity index (χ1) is 9.37. The maximum absolute atomic E-state index is 13.5. The summed E-state index contributed by atoms with van der Waals surface area (Å²) in [5.74, 6) is -3.56. The van der Waals surface area contributed by atoms with Crippen LogP contribution in [0.2, 0.25) is 0 Å². The van der Waals surface area contributed by atoms with Gasteiger partial charge in [0, 0.05) is 0 Å². The Balaban J connectivity index is 2.32. The Hall–Kier alpha value is -2.56. The van der Waals surface area contributed by atoms with Gasteiger partial charge in [0.2, 0.25) is 10.0 Å². The number of carboxylic acid groups (broad SMARTS) is 1. The fourth-order valence-electron chi connectivity index (χ4n) is 1.38. The fourth-order valence-corrected chi connectivity index (χ4v) is 2.27. The Morgan fingerprint density at radius 1 is 1.45 bits per heavy atom. The lowest BCUT2D eigenvalue weighted by atomic mass is 10.3. The van der Waals surface area contributed by atoms with Gasteiger partial charge in [0.15, 0.2) is 5.75 Å². The number of hydrogen-bond donors (Lipinski definition) is 2. The molecule has 0 radical (unpaired) electrons. The van der Waals surface area contributed by atoms with Gasteiger partial charge in [0.05, 0.1) is 11.4 Å². The topological polar surface area (TPSA) is 127 Å². The van der Waals surface area contributed by atoms with Crippen molar-refractivity contribution in [2.45, 2.75) is 0 Å². The molecule has 0 aliphatic carbocycles. The third kappa shape index (κ3) is 3.26. The van der Waals surface area contributed by atoms with E-state index >= 15 is 0 Å². The molecule has 2 aromatic rings. The van der Waals surface area contributed by atoms with Crippen molar-refractivity contribution in [3.05, 3.63) is 30.3 Å². The Morgan fingerprint density at radius 3 is 2.80 bits per heavy atom. The second kappa shape index (κ2) is 5.21. The molecular formula is C9H8FN5O4S. The summed E-state index contributed by atoms with van der Waals surface area (Å²) >= 11 is 0. The van der Waals surface area contributed by atoms with Gasteiger partial charge in [-0.25, -0.2) is 17.5 Å². The molecule has 2 rings (SSSR count). The molecule has 2 N–H and O–H groups in total. The van der Waals surface area contributed by atoms with Gasteiger partial charge < -0.3 is 5.11 Å². The summed E-state index contributed by atoms with van der Waals surface area (Å²) in [6.07, 6.45) is 1.24. The highest BCUT2D eigenvalue weighted by atomic mass is 32.2. The quantitative estimate of drug-likeness (QED) is 0.771. The van der Waals surface area contributed by atoms with Crippen LogP contribution in [-0.4, -0.2) is 45.5 Å². The number of carbonyl (C=O) groups is 1. The third-order valence-electron chi connectivity index (χ3n) is 2.14. The molecule has 0 fully saturated rings. The number of sulfonamides is 1. The molecule has 0 aliphatic heterocycles. The SMILES string of the molecule is O=C(O)CS(=O)(=O)Nc1cc(-n2cnnn2)ccc1F. The molecule has 1 aromatic heterocycles. The maximum Gasteiger partial charge on any atom is 0.320 e. The summed E-state index contributed by atoms with van der Waals surface area (Å²) in [5.41, 5.74) is -0.0799. The van der Waals surface area contributed by atoms with E-state index in [1.54, 1.807) is 0 Å². The van der Waals surface area contributed by atoms with Crippen LogP contribution in [-0.2, 0) is 14.8 Å². The van der Waals surface area contributed by atoms with Crippen molar-refractivity contribution >= 4 is 21.7 Å². The average molecular weight is 301 g/mol. The van der Waals surface area contributed by atoms with E-state index < -0.39 is 27.6 Å². The summed E-state index contributed by atoms with van der Waals surface area (Å²) in [6.45, 7) is 0. The summed E-state index contributed by atoms with van der Waals surface area (Å²) in [5, 5.41) is 18.8. The van der Waals surface area contributed by atoms with E-state index in [2.05, 4.69) is 15.5 Å². The zero-order valence-corrected chi connectivity index (χ0v) is 10.6. The number of hydrogen-bond acceptors (Lipinski definition) is 6. The van der Waals surface area contributed by atoms with Crippen molar-refractivity contribution in [3.63, 3.8) is 0 Å². The van der Waals surface area contributed by atoms with Crippen molar-refractivity contribution in [3.8, 4) is 5.69 Å². The van der Waals surface area contributed by atoms with Crippen LogP contribution in [0.1, 0.15) is 0 Å². The zero-order chi connectivity index (χ0) is 14.8. The van der Waals surface area contributed by atoms with Crippen molar-refractivity contribution in [2.75, 3.05) is 10.5 Å². The van der Waals surface area contributed by atoms with Gasteiger partial charge in [0.25, 0.3) is 0 Å². The molecule has 0 bridgehead atoms. The van der Waals surface area contributed by atoms with E-state index in [9.17, 15) is 17.6 Å². The van der Waals surface area contributed by atoms with Crippen LogP contribution in [0, 0.1) is 5.82 Å². The molecule has 0 saturated heterocycles. The summed E-state index contributed by atoms with van der Waals surface area (Å²) in [7, 11) is -4.19. The van der Waals surface area contributed by atoms with E-state index in [0.717, 1.165) is 12.1 Å². The van der Waals surface area contributed by atoms with E-state index in [0.29, 0.717) is 5.69 Å². The number of halogens is 1. The minimum absolute atomic E-state index is 0.310. The predicted molar refractivity (Wildman–Crippen MR) is 64.2 cm³/mol. The number of nitrogens with one attached hydrogen (secondary N) is 1. The lowest BCUT2D eigenvalue weighted by Gasteiger charge is -2.08. The Labute approximate surface area is 112 Å². The molecule has 0 aliphatic rings. The molecule has 0 atom stereocenters. The number of anilines is 1. The van der Waals surface area contributed by atoms with Gasteiger partial charge in [-0.15, -0.1) is 5.10 Å². The number of rotatable bonds is 5. The first kappa shape index (κ1) is 13.9. The predicted octanol–water partition coefficient (Wildman–Crippen LogP) is -0.372. The normalized spacial score (nSPS) is 11.2. The number of tetrazole rings is 1. The molecule has 11 heteroatoms. The summed E-state index contributed by atoms with van der Waals surface area (Å²) < 4.78 is 39.5. The Kier molecular flexibility index (Phi) is 3.61. The molecule has 1 heterocycles. The number of nitrogens with zero attached hydrogens (tertiary/aromatic N) is 4. The van der Waals surface area contributed by atoms with Gasteiger partial charge >= 0.3 is 5.97 Å². The highest BCUT2D eigenvalue weighted by Crippen LogP contribution is 2.19. The van der Waals surface area contributed by atoms with E-state index in [4.69, 9.17) is 5.11 Å². The van der Waals surface area contributed by atoms with Crippen LogP contribution in [0.5, 0.6) is 0 Å². The Bertz CT molecular complexity index is 731. The molecule has 0 saturated carbocycles. The molecule has 9 nitrogen and oxygen atoms in total. The summed E-state index contributed by atoms with van der Waals surface area (Å²) in [6, 6.07) is 3.49. The van der Waals surface area contributed by atoms with Crippen LogP contribution in [0.4, 0.5) is 10.1 Å². The van der Waals surface area contributed by atoms with E-state index in [1.807, 2.05) is 4.72 Å². The van der Waals surface area contributed by atoms with Gasteiger partial charge in [0.1, 0.15) is 12.1 Å². The molecule has 0 spiro atoms. The minimum atomic E-state index is -4.19. The highest BCUT2D eigenvalue weighted by Gasteiger charge is 2.18. The van der Waals surface area contributed by atoms with Crippen molar-refractivity contribution in [1.29, 1.82) is 0 Å². The first-order valence-electron chi connectivity index (χ1n) is 5.12. The number of carboxylic acids is 1. The van der Waals surface area contributed by atoms with Crippen LogP contribution in [0.3, 0.4) is 0 Å². The fraction of sp³-hybridized carbons (Fsp3) is 0.111. The second-order valence-corrected chi connectivity index (χ2v) is 5.40. The molecule has 20 heavy (non-hydrogen) atoms. The van der Waals surface area contributed by atoms with Gasteiger partial charge in [-0.2, -0.15) is 0 Å². The monoisotopic (exact) mass is 301 g/mol. The number of benzene rings is 1. The van der Waals surface area contributed by atoms with Crippen LogP contribution >= 0.6 is 0 Å². The lowest BCUT2D eigenvalue weighted by molar-refractivity contribution is -0.134. The van der Waals surface area contributed by atoms with Crippen molar-refractivity contribution in [2.24, 2.45) is 0 Å². The van der Waals surface area contributed by atoms with Gasteiger partial charge in [-0.3, -0.25) is 9.52 Å². The Morgan fingerprint density at radius 2 is 2.20 bits per heavy atom. The lowest BCUT2D eigenvalue weighted by Crippen LogP contribution is -2.23. The molecule has 0 unspecified atom stereocenters. The van der Waals surface area contributed by atoms with Crippen LogP contribution in [0.25, 0.3) is 5.69 Å². The molecule has 106 valence electrons. The van der Waals surface area contributed by atoms with Gasteiger partial charge in [-0.1, -0.05) is 0 Å². The molecule has 1 aromatic carbocycles. The third-order valence-corrected chi connectivity index (χ3v) is 3.30. The maximum atomic E-state index is 13.5. The van der Waals surface area contributed by atoms with Gasteiger partial charge in [-0.05, 0) is 28.6 Å². The van der Waals surface area contributed by atoms with Crippen LogP contribution in [0.15, 0.2) is 24.5 Å². The van der Waals surface area contributed by atoms with Crippen molar-refractivity contribution < 1.29 is 22.7 Å². The largest absolute Gasteiger partial charge is 0.480 e. The zero-order valence-electron chi connectivity index (χ0n) is 9.76. The first-order valence-corrected chi connectivity index (χ1v) is 6.78. The second-order valence-electron chi connectivity index (χ2n) is 3.67. The smallest absolute Gasteiger partial charge is 0.320 e. The minimum Gasteiger partial charge on any atom is -0.480 e. The standard InChI is InChI=1S/C9H8FN5O4S/c10-7-2-1-6(15-5-11-13-14-15)3-8(7)12-20(18,19)4-9(16)17/h1-3,5,12H,4H2,(H,16,17). The average Bonchev–Trinajstić information content (AvgIpc) is 2.83. The molecule has 0 amide bonds. The number of aromatic nitrogens is 4.